The molecule has 0 aromatic heterocycles. The van der Waals surface area contributed by atoms with E-state index in [9.17, 15) is 9.59 Å². The zero-order chi connectivity index (χ0) is 19.1. The molecule has 26 heavy (non-hydrogen) atoms. The van der Waals surface area contributed by atoms with E-state index in [1.165, 1.54) is 11.1 Å². The first kappa shape index (κ1) is 20.0. The van der Waals surface area contributed by atoms with Crippen LogP contribution in [0.2, 0.25) is 0 Å². The SMILES string of the molecule is Cc1ccc(SCCC(=O)NCC(=O)Nc2c(C)cccc2C)cc1C. The van der Waals surface area contributed by atoms with Gasteiger partial charge >= 0.3 is 0 Å². The van der Waals surface area contributed by atoms with Crippen molar-refractivity contribution in [3.05, 3.63) is 58.7 Å². The van der Waals surface area contributed by atoms with Crippen molar-refractivity contribution in [1.29, 1.82) is 0 Å². The van der Waals surface area contributed by atoms with E-state index in [0.29, 0.717) is 12.2 Å². The maximum atomic E-state index is 12.1. The number of benzene rings is 2. The Bertz CT molecular complexity index is 782. The van der Waals surface area contributed by atoms with Crippen molar-refractivity contribution in [2.75, 3.05) is 17.6 Å². The minimum Gasteiger partial charge on any atom is -0.347 e. The molecule has 0 atom stereocenters. The van der Waals surface area contributed by atoms with Crippen LogP contribution in [0.5, 0.6) is 0 Å². The van der Waals surface area contributed by atoms with Gasteiger partial charge in [0.25, 0.3) is 0 Å². The highest BCUT2D eigenvalue weighted by atomic mass is 32.2. The fourth-order valence-corrected chi connectivity index (χ4v) is 3.48. The molecular weight excluding hydrogens is 344 g/mol. The Hall–Kier alpha value is -2.27. The number of anilines is 1. The highest BCUT2D eigenvalue weighted by Gasteiger charge is 2.09. The van der Waals surface area contributed by atoms with Crippen molar-refractivity contribution in [2.45, 2.75) is 39.0 Å². The Morgan fingerprint density at radius 1 is 0.885 bits per heavy atom. The summed E-state index contributed by atoms with van der Waals surface area (Å²) in [6.45, 7) is 8.05. The summed E-state index contributed by atoms with van der Waals surface area (Å²) in [7, 11) is 0. The first-order valence-electron chi connectivity index (χ1n) is 8.69. The Labute approximate surface area is 159 Å². The van der Waals surface area contributed by atoms with E-state index in [-0.39, 0.29) is 18.4 Å². The largest absolute Gasteiger partial charge is 0.347 e. The molecule has 138 valence electrons. The van der Waals surface area contributed by atoms with Crippen LogP contribution in [0.3, 0.4) is 0 Å². The molecule has 0 aliphatic heterocycles. The molecule has 2 aromatic rings. The van der Waals surface area contributed by atoms with Gasteiger partial charge in [-0.25, -0.2) is 0 Å². The van der Waals surface area contributed by atoms with Crippen LogP contribution in [0.4, 0.5) is 5.69 Å². The molecule has 2 rings (SSSR count). The predicted molar refractivity (Wildman–Crippen MR) is 109 cm³/mol. The smallest absolute Gasteiger partial charge is 0.243 e. The van der Waals surface area contributed by atoms with Crippen molar-refractivity contribution in [2.24, 2.45) is 0 Å². The molecule has 0 aliphatic carbocycles. The molecule has 4 nitrogen and oxygen atoms in total. The zero-order valence-electron chi connectivity index (χ0n) is 15.8. The standard InChI is InChI=1S/C21H26N2O2S/c1-14-8-9-18(12-17(14)4)26-11-10-19(24)22-13-20(25)23-21-15(2)6-5-7-16(21)3/h5-9,12H,10-11,13H2,1-4H3,(H,22,24)(H,23,25). The molecule has 2 N–H and O–H groups in total. The van der Waals surface area contributed by atoms with Gasteiger partial charge < -0.3 is 10.6 Å². The molecular formula is C21H26N2O2S. The summed E-state index contributed by atoms with van der Waals surface area (Å²) in [6, 6.07) is 12.2. The molecule has 0 unspecified atom stereocenters. The minimum atomic E-state index is -0.211. The van der Waals surface area contributed by atoms with Crippen LogP contribution >= 0.6 is 11.8 Å². The lowest BCUT2D eigenvalue weighted by Gasteiger charge is -2.12. The van der Waals surface area contributed by atoms with Crippen molar-refractivity contribution >= 4 is 29.3 Å². The predicted octanol–water partition coefficient (Wildman–Crippen LogP) is 4.16. The van der Waals surface area contributed by atoms with Gasteiger partial charge in [-0.2, -0.15) is 0 Å². The Kier molecular flexibility index (Phi) is 7.27. The normalized spacial score (nSPS) is 10.5. The van der Waals surface area contributed by atoms with Gasteiger partial charge in [-0.3, -0.25) is 9.59 Å². The number of hydrogen-bond donors (Lipinski definition) is 2. The molecule has 0 spiro atoms. The van der Waals surface area contributed by atoms with Gasteiger partial charge in [-0.15, -0.1) is 11.8 Å². The number of aryl methyl sites for hydroxylation is 4. The lowest BCUT2D eigenvalue weighted by Crippen LogP contribution is -2.33. The number of nitrogens with one attached hydrogen (secondary N) is 2. The van der Waals surface area contributed by atoms with Gasteiger partial charge in [0.1, 0.15) is 0 Å². The minimum absolute atomic E-state index is 0.0130. The van der Waals surface area contributed by atoms with Crippen LogP contribution in [0, 0.1) is 27.7 Å². The molecule has 2 aromatic carbocycles. The van der Waals surface area contributed by atoms with Crippen LogP contribution in [-0.2, 0) is 9.59 Å². The fourth-order valence-electron chi connectivity index (χ4n) is 2.53. The number of carbonyl (C=O) groups is 2. The number of thioether (sulfide) groups is 1. The average Bonchev–Trinajstić information content (AvgIpc) is 2.59. The van der Waals surface area contributed by atoms with E-state index in [1.807, 2.05) is 32.0 Å². The van der Waals surface area contributed by atoms with E-state index < -0.39 is 0 Å². The summed E-state index contributed by atoms with van der Waals surface area (Å²) in [4.78, 5) is 25.2. The fraction of sp³-hybridized carbons (Fsp3) is 0.333. The van der Waals surface area contributed by atoms with Crippen molar-refractivity contribution in [3.8, 4) is 0 Å². The quantitative estimate of drug-likeness (QED) is 0.720. The van der Waals surface area contributed by atoms with Gasteiger partial charge in [-0.1, -0.05) is 24.3 Å². The van der Waals surface area contributed by atoms with Gasteiger partial charge in [0, 0.05) is 22.8 Å². The van der Waals surface area contributed by atoms with Gasteiger partial charge in [-0.05, 0) is 62.1 Å². The molecule has 0 saturated heterocycles. The average molecular weight is 371 g/mol. The molecule has 2 amide bonds. The Morgan fingerprint density at radius 3 is 2.23 bits per heavy atom. The Morgan fingerprint density at radius 2 is 1.58 bits per heavy atom. The lowest BCUT2D eigenvalue weighted by atomic mass is 10.1. The summed E-state index contributed by atoms with van der Waals surface area (Å²) in [5, 5.41) is 5.55. The first-order valence-corrected chi connectivity index (χ1v) is 9.68. The highest BCUT2D eigenvalue weighted by Crippen LogP contribution is 2.21. The summed E-state index contributed by atoms with van der Waals surface area (Å²) in [5.74, 6) is 0.364. The Balaban J connectivity index is 1.72. The molecule has 0 saturated carbocycles. The van der Waals surface area contributed by atoms with Crippen LogP contribution < -0.4 is 10.6 Å². The number of carbonyl (C=O) groups excluding carboxylic acids is 2. The van der Waals surface area contributed by atoms with E-state index in [1.54, 1.807) is 11.8 Å². The number of para-hydroxylation sites is 1. The van der Waals surface area contributed by atoms with E-state index in [2.05, 4.69) is 42.7 Å². The molecule has 0 fully saturated rings. The summed E-state index contributed by atoms with van der Waals surface area (Å²) in [6.07, 6.45) is 0.383. The molecule has 5 heteroatoms. The van der Waals surface area contributed by atoms with Crippen molar-refractivity contribution < 1.29 is 9.59 Å². The zero-order valence-corrected chi connectivity index (χ0v) is 16.6. The molecule has 0 radical (unpaired) electrons. The van der Waals surface area contributed by atoms with Crippen molar-refractivity contribution in [3.63, 3.8) is 0 Å². The molecule has 0 bridgehead atoms. The highest BCUT2D eigenvalue weighted by molar-refractivity contribution is 7.99. The third kappa shape index (κ3) is 5.92. The third-order valence-corrected chi connectivity index (χ3v) is 5.26. The topological polar surface area (TPSA) is 58.2 Å². The number of amides is 2. The van der Waals surface area contributed by atoms with E-state index in [4.69, 9.17) is 0 Å². The second kappa shape index (κ2) is 9.43. The summed E-state index contributed by atoms with van der Waals surface area (Å²) < 4.78 is 0. The van der Waals surface area contributed by atoms with Crippen LogP contribution in [0.25, 0.3) is 0 Å². The van der Waals surface area contributed by atoms with Crippen LogP contribution in [0.15, 0.2) is 41.3 Å². The van der Waals surface area contributed by atoms with E-state index in [0.717, 1.165) is 21.7 Å². The second-order valence-corrected chi connectivity index (χ2v) is 7.60. The number of rotatable bonds is 7. The number of hydrogen-bond acceptors (Lipinski definition) is 3. The van der Waals surface area contributed by atoms with Crippen molar-refractivity contribution in [1.82, 2.24) is 5.32 Å². The van der Waals surface area contributed by atoms with Gasteiger partial charge in [0.05, 0.1) is 6.54 Å². The van der Waals surface area contributed by atoms with Crippen LogP contribution in [-0.4, -0.2) is 24.1 Å². The van der Waals surface area contributed by atoms with Crippen LogP contribution in [0.1, 0.15) is 28.7 Å². The lowest BCUT2D eigenvalue weighted by molar-refractivity contribution is -0.123. The summed E-state index contributed by atoms with van der Waals surface area (Å²) in [5.41, 5.74) is 5.35. The second-order valence-electron chi connectivity index (χ2n) is 6.44. The summed E-state index contributed by atoms with van der Waals surface area (Å²) >= 11 is 1.65. The van der Waals surface area contributed by atoms with E-state index >= 15 is 0 Å². The first-order chi connectivity index (χ1) is 12.4. The maximum Gasteiger partial charge on any atom is 0.243 e. The monoisotopic (exact) mass is 370 g/mol. The third-order valence-electron chi connectivity index (χ3n) is 4.27. The van der Waals surface area contributed by atoms with Gasteiger partial charge in [0.2, 0.25) is 11.8 Å². The molecule has 0 aliphatic rings. The van der Waals surface area contributed by atoms with Gasteiger partial charge in [0.15, 0.2) is 0 Å². The molecule has 0 heterocycles. The maximum absolute atomic E-state index is 12.1.